The molecule has 0 aromatic heterocycles. The standard InChI is InChI=1S/C21H24ClFN2O4S/c1-2-29-19-8-5-17(22)13-20(19)30(27,28)25-11-9-16(10-12-25)21(26)24-14-15-3-6-18(23)7-4-15/h3-8,13,16H,2,9-12,14H2,1H3,(H,24,26). The Morgan fingerprint density at radius 1 is 1.20 bits per heavy atom. The summed E-state index contributed by atoms with van der Waals surface area (Å²) in [6.45, 7) is 2.88. The number of piperidine rings is 1. The van der Waals surface area contributed by atoms with E-state index in [4.69, 9.17) is 16.3 Å². The molecule has 30 heavy (non-hydrogen) atoms. The fourth-order valence-corrected chi connectivity index (χ4v) is 5.26. The molecule has 0 saturated carbocycles. The number of nitrogens with one attached hydrogen (secondary N) is 1. The number of rotatable bonds is 7. The Balaban J connectivity index is 1.61. The van der Waals surface area contributed by atoms with Crippen LogP contribution < -0.4 is 10.1 Å². The van der Waals surface area contributed by atoms with Gasteiger partial charge >= 0.3 is 0 Å². The summed E-state index contributed by atoms with van der Waals surface area (Å²) >= 11 is 6.01. The molecule has 0 radical (unpaired) electrons. The smallest absolute Gasteiger partial charge is 0.246 e. The maximum Gasteiger partial charge on any atom is 0.246 e. The SMILES string of the molecule is CCOc1ccc(Cl)cc1S(=O)(=O)N1CCC(C(=O)NCc2ccc(F)cc2)CC1. The summed E-state index contributed by atoms with van der Waals surface area (Å²) in [5.74, 6) is -0.469. The highest BCUT2D eigenvalue weighted by Crippen LogP contribution is 2.32. The minimum absolute atomic E-state index is 0.0380. The largest absolute Gasteiger partial charge is 0.492 e. The molecule has 9 heteroatoms. The van der Waals surface area contributed by atoms with Gasteiger partial charge in [0.15, 0.2) is 0 Å². The molecule has 2 aromatic rings. The predicted molar refractivity (Wildman–Crippen MR) is 112 cm³/mol. The van der Waals surface area contributed by atoms with Gasteiger partial charge in [-0.2, -0.15) is 4.31 Å². The topological polar surface area (TPSA) is 75.7 Å². The van der Waals surface area contributed by atoms with Crippen LogP contribution >= 0.6 is 11.6 Å². The first-order valence-electron chi connectivity index (χ1n) is 9.76. The summed E-state index contributed by atoms with van der Waals surface area (Å²) in [7, 11) is -3.79. The van der Waals surface area contributed by atoms with Crippen molar-refractivity contribution in [1.29, 1.82) is 0 Å². The van der Waals surface area contributed by atoms with Crippen molar-refractivity contribution < 1.29 is 22.3 Å². The summed E-state index contributed by atoms with van der Waals surface area (Å²) in [6, 6.07) is 10.5. The first-order chi connectivity index (χ1) is 14.3. The second-order valence-electron chi connectivity index (χ2n) is 7.05. The van der Waals surface area contributed by atoms with Crippen LogP contribution in [-0.2, 0) is 21.4 Å². The maximum atomic E-state index is 13.1. The van der Waals surface area contributed by atoms with Gasteiger partial charge in [-0.1, -0.05) is 23.7 Å². The first-order valence-corrected chi connectivity index (χ1v) is 11.6. The van der Waals surface area contributed by atoms with Crippen LogP contribution in [0.4, 0.5) is 4.39 Å². The lowest BCUT2D eigenvalue weighted by Crippen LogP contribution is -2.42. The van der Waals surface area contributed by atoms with Gasteiger partial charge < -0.3 is 10.1 Å². The van der Waals surface area contributed by atoms with Crippen molar-refractivity contribution in [1.82, 2.24) is 9.62 Å². The van der Waals surface area contributed by atoms with Gasteiger partial charge in [0.25, 0.3) is 0 Å². The normalized spacial score (nSPS) is 15.7. The zero-order valence-electron chi connectivity index (χ0n) is 16.6. The zero-order chi connectivity index (χ0) is 21.7. The molecular formula is C21H24ClFN2O4S. The lowest BCUT2D eigenvalue weighted by atomic mass is 9.97. The van der Waals surface area contributed by atoms with E-state index in [1.165, 1.54) is 22.5 Å². The highest BCUT2D eigenvalue weighted by atomic mass is 35.5. The van der Waals surface area contributed by atoms with Crippen molar-refractivity contribution in [2.24, 2.45) is 5.92 Å². The average molecular weight is 455 g/mol. The number of nitrogens with zero attached hydrogens (tertiary/aromatic N) is 1. The van der Waals surface area contributed by atoms with Crippen molar-refractivity contribution in [3.05, 3.63) is 58.9 Å². The second kappa shape index (κ2) is 9.76. The van der Waals surface area contributed by atoms with E-state index in [1.807, 2.05) is 0 Å². The molecule has 1 fully saturated rings. The molecule has 0 bridgehead atoms. The molecule has 0 unspecified atom stereocenters. The molecule has 0 atom stereocenters. The molecule has 0 spiro atoms. The lowest BCUT2D eigenvalue weighted by Gasteiger charge is -2.31. The molecule has 1 heterocycles. The zero-order valence-corrected chi connectivity index (χ0v) is 18.2. The third kappa shape index (κ3) is 5.30. The minimum atomic E-state index is -3.79. The molecule has 1 saturated heterocycles. The Labute approximate surface area is 181 Å². The minimum Gasteiger partial charge on any atom is -0.492 e. The predicted octanol–water partition coefficient (Wildman–Crippen LogP) is 3.59. The van der Waals surface area contributed by atoms with E-state index >= 15 is 0 Å². The molecule has 1 N–H and O–H groups in total. The first kappa shape index (κ1) is 22.5. The number of sulfonamides is 1. The quantitative estimate of drug-likeness (QED) is 0.693. The Kier molecular flexibility index (Phi) is 7.33. The summed E-state index contributed by atoms with van der Waals surface area (Å²) in [6.07, 6.45) is 0.831. The van der Waals surface area contributed by atoms with Crippen LogP contribution in [0.25, 0.3) is 0 Å². The summed E-state index contributed by atoms with van der Waals surface area (Å²) in [5.41, 5.74) is 0.800. The molecule has 162 valence electrons. The van der Waals surface area contributed by atoms with Crippen LogP contribution in [-0.4, -0.2) is 38.3 Å². The number of halogens is 2. The van der Waals surface area contributed by atoms with Gasteiger partial charge in [0.05, 0.1) is 6.61 Å². The Morgan fingerprint density at radius 2 is 1.87 bits per heavy atom. The van der Waals surface area contributed by atoms with Crippen molar-refractivity contribution in [2.75, 3.05) is 19.7 Å². The van der Waals surface area contributed by atoms with Crippen LogP contribution in [0.3, 0.4) is 0 Å². The number of hydrogen-bond donors (Lipinski definition) is 1. The Morgan fingerprint density at radius 3 is 2.50 bits per heavy atom. The molecule has 6 nitrogen and oxygen atoms in total. The van der Waals surface area contributed by atoms with E-state index < -0.39 is 10.0 Å². The third-order valence-electron chi connectivity index (χ3n) is 5.03. The molecule has 1 amide bonds. The molecular weight excluding hydrogens is 431 g/mol. The monoisotopic (exact) mass is 454 g/mol. The van der Waals surface area contributed by atoms with E-state index in [0.717, 1.165) is 5.56 Å². The van der Waals surface area contributed by atoms with Crippen molar-refractivity contribution in [3.63, 3.8) is 0 Å². The second-order valence-corrected chi connectivity index (χ2v) is 9.39. The third-order valence-corrected chi connectivity index (χ3v) is 7.18. The van der Waals surface area contributed by atoms with Crippen LogP contribution in [0.15, 0.2) is 47.4 Å². The maximum absolute atomic E-state index is 13.1. The van der Waals surface area contributed by atoms with E-state index in [1.54, 1.807) is 31.2 Å². The number of amides is 1. The van der Waals surface area contributed by atoms with Gasteiger partial charge in [0, 0.05) is 30.6 Å². The van der Waals surface area contributed by atoms with E-state index in [9.17, 15) is 17.6 Å². The molecule has 3 rings (SSSR count). The number of carbonyl (C=O) groups is 1. The average Bonchev–Trinajstić information content (AvgIpc) is 2.74. The van der Waals surface area contributed by atoms with Crippen LogP contribution in [0, 0.1) is 11.7 Å². The van der Waals surface area contributed by atoms with Crippen LogP contribution in [0.2, 0.25) is 5.02 Å². The Hall–Kier alpha value is -2.16. The van der Waals surface area contributed by atoms with Gasteiger partial charge in [0.2, 0.25) is 15.9 Å². The van der Waals surface area contributed by atoms with Gasteiger partial charge in [-0.05, 0) is 55.7 Å². The van der Waals surface area contributed by atoms with E-state index in [-0.39, 0.29) is 41.4 Å². The number of benzene rings is 2. The van der Waals surface area contributed by atoms with Gasteiger partial charge in [-0.25, -0.2) is 12.8 Å². The highest BCUT2D eigenvalue weighted by Gasteiger charge is 2.33. The fraction of sp³-hybridized carbons (Fsp3) is 0.381. The van der Waals surface area contributed by atoms with Crippen molar-refractivity contribution in [2.45, 2.75) is 31.2 Å². The van der Waals surface area contributed by atoms with Crippen molar-refractivity contribution in [3.8, 4) is 5.75 Å². The number of carbonyl (C=O) groups excluding carboxylic acids is 1. The summed E-state index contributed by atoms with van der Waals surface area (Å²) in [4.78, 5) is 12.5. The molecule has 1 aliphatic rings. The molecule has 0 aliphatic carbocycles. The number of hydrogen-bond acceptors (Lipinski definition) is 4. The lowest BCUT2D eigenvalue weighted by molar-refractivity contribution is -0.126. The molecule has 1 aliphatic heterocycles. The van der Waals surface area contributed by atoms with E-state index in [2.05, 4.69) is 5.32 Å². The van der Waals surface area contributed by atoms with Gasteiger partial charge in [0.1, 0.15) is 16.5 Å². The Bertz CT molecular complexity index is 991. The summed E-state index contributed by atoms with van der Waals surface area (Å²) in [5, 5.41) is 3.15. The van der Waals surface area contributed by atoms with Crippen LogP contribution in [0.1, 0.15) is 25.3 Å². The number of ether oxygens (including phenoxy) is 1. The van der Waals surface area contributed by atoms with Gasteiger partial charge in [-0.3, -0.25) is 4.79 Å². The van der Waals surface area contributed by atoms with Crippen molar-refractivity contribution >= 4 is 27.5 Å². The van der Waals surface area contributed by atoms with Gasteiger partial charge in [-0.15, -0.1) is 0 Å². The molecule has 2 aromatic carbocycles. The van der Waals surface area contributed by atoms with E-state index in [0.29, 0.717) is 31.0 Å². The fourth-order valence-electron chi connectivity index (χ4n) is 3.39. The highest BCUT2D eigenvalue weighted by molar-refractivity contribution is 7.89. The van der Waals surface area contributed by atoms with Crippen LogP contribution in [0.5, 0.6) is 5.75 Å². The summed E-state index contributed by atoms with van der Waals surface area (Å²) < 4.78 is 46.0.